The molecule has 0 bridgehead atoms. The van der Waals surface area contributed by atoms with E-state index in [1.807, 2.05) is 19.2 Å². The maximum absolute atomic E-state index is 13.1. The Balaban J connectivity index is 2.46. The van der Waals surface area contributed by atoms with Crippen molar-refractivity contribution in [3.05, 3.63) is 35.6 Å². The molecule has 1 rings (SSSR count). The lowest BCUT2D eigenvalue weighted by atomic mass is 9.97. The minimum atomic E-state index is -0.906. The number of hydrogen-bond donors (Lipinski definition) is 2. The highest BCUT2D eigenvalue weighted by Crippen LogP contribution is 2.19. The Morgan fingerprint density at radius 1 is 1.55 bits per heavy atom. The zero-order valence-corrected chi connectivity index (χ0v) is 13.0. The maximum atomic E-state index is 13.1. The molecule has 0 saturated carbocycles. The minimum Gasteiger partial charge on any atom is -0.387 e. The normalized spacial score (nSPS) is 15.4. The fourth-order valence-electron chi connectivity index (χ4n) is 1.93. The van der Waals surface area contributed by atoms with Crippen molar-refractivity contribution in [1.29, 1.82) is 0 Å². The summed E-state index contributed by atoms with van der Waals surface area (Å²) in [5.74, 6) is 0.0733. The first-order valence-corrected chi connectivity index (χ1v) is 7.97. The number of aliphatic hydroxyl groups is 1. The van der Waals surface area contributed by atoms with Crippen molar-refractivity contribution in [1.82, 2.24) is 5.32 Å². The molecule has 0 heterocycles. The fourth-order valence-corrected chi connectivity index (χ4v) is 2.66. The average molecular weight is 299 g/mol. The van der Waals surface area contributed by atoms with Crippen molar-refractivity contribution in [2.24, 2.45) is 0 Å². The van der Waals surface area contributed by atoms with Gasteiger partial charge in [-0.25, -0.2) is 4.39 Å². The monoisotopic (exact) mass is 299 g/mol. The zero-order valence-electron chi connectivity index (χ0n) is 12.1. The molecule has 3 nitrogen and oxygen atoms in total. The molecule has 1 aromatic rings. The molecule has 0 saturated heterocycles. The summed E-state index contributed by atoms with van der Waals surface area (Å²) in [4.78, 5) is 11.8. The number of thioether (sulfide) groups is 1. The van der Waals surface area contributed by atoms with Crippen molar-refractivity contribution < 1.29 is 14.3 Å². The van der Waals surface area contributed by atoms with Gasteiger partial charge in [0.2, 0.25) is 5.91 Å². The topological polar surface area (TPSA) is 49.3 Å². The highest BCUT2D eigenvalue weighted by Gasteiger charge is 2.21. The Kier molecular flexibility index (Phi) is 6.49. The number of rotatable bonds is 7. The summed E-state index contributed by atoms with van der Waals surface area (Å²) >= 11 is 1.53. The van der Waals surface area contributed by atoms with Crippen molar-refractivity contribution >= 4 is 17.7 Å². The summed E-state index contributed by atoms with van der Waals surface area (Å²) in [6, 6.07) is 6.28. The van der Waals surface area contributed by atoms with Crippen molar-refractivity contribution in [2.45, 2.75) is 31.8 Å². The van der Waals surface area contributed by atoms with Crippen LogP contribution in [0.2, 0.25) is 0 Å². The van der Waals surface area contributed by atoms with Crippen LogP contribution in [0.3, 0.4) is 0 Å². The van der Waals surface area contributed by atoms with E-state index in [0.717, 1.165) is 5.56 Å². The largest absolute Gasteiger partial charge is 0.387 e. The van der Waals surface area contributed by atoms with E-state index in [4.69, 9.17) is 0 Å². The van der Waals surface area contributed by atoms with Gasteiger partial charge in [0.15, 0.2) is 0 Å². The van der Waals surface area contributed by atoms with Gasteiger partial charge >= 0.3 is 0 Å². The molecule has 0 aliphatic rings. The summed E-state index contributed by atoms with van der Waals surface area (Å²) in [5, 5.41) is 12.7. The number of carbonyl (C=O) groups excluding carboxylic acids is 1. The first kappa shape index (κ1) is 17.0. The van der Waals surface area contributed by atoms with Gasteiger partial charge in [0.1, 0.15) is 5.82 Å². The second-order valence-corrected chi connectivity index (χ2v) is 6.23. The van der Waals surface area contributed by atoms with Gasteiger partial charge < -0.3 is 10.4 Å². The lowest BCUT2D eigenvalue weighted by molar-refractivity contribution is -0.122. The van der Waals surface area contributed by atoms with Crippen LogP contribution in [0.5, 0.6) is 0 Å². The molecule has 0 fully saturated rings. The molecule has 0 radical (unpaired) electrons. The second-order valence-electron chi connectivity index (χ2n) is 5.37. The van der Waals surface area contributed by atoms with Gasteiger partial charge in [0.25, 0.3) is 0 Å². The Labute approximate surface area is 124 Å². The highest BCUT2D eigenvalue weighted by atomic mass is 32.2. The zero-order chi connectivity index (χ0) is 15.2. The molecule has 2 N–H and O–H groups in total. The van der Waals surface area contributed by atoms with E-state index < -0.39 is 5.60 Å². The lowest BCUT2D eigenvalue weighted by Crippen LogP contribution is -2.42. The van der Waals surface area contributed by atoms with Crippen LogP contribution in [0.1, 0.15) is 31.7 Å². The van der Waals surface area contributed by atoms with Gasteiger partial charge in [0, 0.05) is 18.7 Å². The van der Waals surface area contributed by atoms with Gasteiger partial charge in [-0.15, -0.1) is 0 Å². The van der Waals surface area contributed by atoms with Crippen LogP contribution in [0.4, 0.5) is 4.39 Å². The molecule has 0 aliphatic heterocycles. The summed E-state index contributed by atoms with van der Waals surface area (Å²) in [6.07, 6.45) is 2.18. The van der Waals surface area contributed by atoms with Crippen LogP contribution >= 0.6 is 11.8 Å². The van der Waals surface area contributed by atoms with Crippen LogP contribution in [0.25, 0.3) is 0 Å². The number of halogens is 1. The maximum Gasteiger partial charge on any atom is 0.220 e. The molecule has 1 amide bonds. The Bertz CT molecular complexity index is 451. The fraction of sp³-hybridized carbons (Fsp3) is 0.533. The average Bonchev–Trinajstić information content (AvgIpc) is 2.36. The molecule has 0 aromatic heterocycles. The Hall–Kier alpha value is -1.07. The molecule has 112 valence electrons. The number of benzene rings is 1. The van der Waals surface area contributed by atoms with Crippen LogP contribution in [0.15, 0.2) is 24.3 Å². The van der Waals surface area contributed by atoms with E-state index >= 15 is 0 Å². The molecule has 20 heavy (non-hydrogen) atoms. The predicted octanol–water partition coefficient (Wildman–Crippen LogP) is 2.55. The van der Waals surface area contributed by atoms with Crippen molar-refractivity contribution in [2.75, 3.05) is 18.6 Å². The van der Waals surface area contributed by atoms with Crippen LogP contribution in [-0.4, -0.2) is 35.2 Å². The molecule has 0 spiro atoms. The van der Waals surface area contributed by atoms with Crippen molar-refractivity contribution in [3.63, 3.8) is 0 Å². The third-order valence-corrected chi connectivity index (χ3v) is 3.94. The molecular weight excluding hydrogens is 277 g/mol. The number of hydrogen-bond acceptors (Lipinski definition) is 3. The highest BCUT2D eigenvalue weighted by molar-refractivity contribution is 7.98. The smallest absolute Gasteiger partial charge is 0.220 e. The number of nitrogens with one attached hydrogen (secondary N) is 1. The van der Waals surface area contributed by atoms with Gasteiger partial charge in [-0.3, -0.25) is 4.79 Å². The van der Waals surface area contributed by atoms with E-state index in [-0.39, 0.29) is 30.6 Å². The van der Waals surface area contributed by atoms with Crippen molar-refractivity contribution in [3.8, 4) is 0 Å². The third-order valence-electron chi connectivity index (χ3n) is 3.03. The van der Waals surface area contributed by atoms with E-state index in [0.29, 0.717) is 5.75 Å². The predicted molar refractivity (Wildman–Crippen MR) is 81.4 cm³/mol. The van der Waals surface area contributed by atoms with Gasteiger partial charge in [-0.2, -0.15) is 11.8 Å². The third kappa shape index (κ3) is 5.92. The van der Waals surface area contributed by atoms with Gasteiger partial charge in [-0.1, -0.05) is 19.1 Å². The molecular formula is C15H22FNO2S. The van der Waals surface area contributed by atoms with E-state index in [1.165, 1.54) is 23.9 Å². The summed E-state index contributed by atoms with van der Waals surface area (Å²) < 4.78 is 13.1. The molecule has 5 heteroatoms. The molecule has 2 unspecified atom stereocenters. The summed E-state index contributed by atoms with van der Waals surface area (Å²) in [6.45, 7) is 3.80. The standard InChI is InChI=1S/C15H22FNO2S/c1-11(12-5-4-6-13(16)8-12)7-14(18)17-9-15(2,19)10-20-3/h4-6,8,11,19H,7,9-10H2,1-3H3,(H,17,18). The van der Waals surface area contributed by atoms with Crippen LogP contribution < -0.4 is 5.32 Å². The number of amides is 1. The van der Waals surface area contributed by atoms with E-state index in [2.05, 4.69) is 5.32 Å². The van der Waals surface area contributed by atoms with Crippen LogP contribution in [0, 0.1) is 5.82 Å². The first-order chi connectivity index (χ1) is 9.34. The Morgan fingerprint density at radius 3 is 2.85 bits per heavy atom. The van der Waals surface area contributed by atoms with Gasteiger partial charge in [0.05, 0.1) is 5.60 Å². The van der Waals surface area contributed by atoms with E-state index in [1.54, 1.807) is 13.0 Å². The number of carbonyl (C=O) groups is 1. The van der Waals surface area contributed by atoms with Crippen LogP contribution in [-0.2, 0) is 4.79 Å². The summed E-state index contributed by atoms with van der Waals surface area (Å²) in [5.41, 5.74) is -0.104. The summed E-state index contributed by atoms with van der Waals surface area (Å²) in [7, 11) is 0. The molecule has 0 aliphatic carbocycles. The second kappa shape index (κ2) is 7.64. The SMILES string of the molecule is CSCC(C)(O)CNC(=O)CC(C)c1cccc(F)c1. The first-order valence-electron chi connectivity index (χ1n) is 6.57. The minimum absolute atomic E-state index is 0.0591. The van der Waals surface area contributed by atoms with Gasteiger partial charge in [-0.05, 0) is 36.8 Å². The quantitative estimate of drug-likeness (QED) is 0.813. The Morgan fingerprint density at radius 2 is 2.25 bits per heavy atom. The lowest BCUT2D eigenvalue weighted by Gasteiger charge is -2.23. The molecule has 1 aromatic carbocycles. The van der Waals surface area contributed by atoms with E-state index in [9.17, 15) is 14.3 Å². The molecule has 2 atom stereocenters.